The minimum atomic E-state index is -0.00220. The zero-order valence-corrected chi connectivity index (χ0v) is 13.3. The number of hydrogen-bond acceptors (Lipinski definition) is 3. The van der Waals surface area contributed by atoms with Crippen LogP contribution in [0.3, 0.4) is 0 Å². The molecule has 1 aromatic rings. The van der Waals surface area contributed by atoms with Crippen molar-refractivity contribution >= 4 is 17.4 Å². The lowest BCUT2D eigenvalue weighted by Crippen LogP contribution is -2.34. The molecule has 0 aliphatic carbocycles. The molecule has 5 nitrogen and oxygen atoms in total. The Balaban J connectivity index is 1.70. The maximum Gasteiger partial charge on any atom is 0.321 e. The molecule has 22 heavy (non-hydrogen) atoms. The summed E-state index contributed by atoms with van der Waals surface area (Å²) in [5.74, 6) is 0.447. The van der Waals surface area contributed by atoms with Gasteiger partial charge in [-0.2, -0.15) is 0 Å². The highest BCUT2D eigenvalue weighted by Gasteiger charge is 2.25. The molecule has 3 rings (SSSR count). The third-order valence-corrected chi connectivity index (χ3v) is 4.90. The van der Waals surface area contributed by atoms with E-state index in [2.05, 4.69) is 23.2 Å². The minimum Gasteiger partial charge on any atom is -0.371 e. The average molecular weight is 302 g/mol. The van der Waals surface area contributed by atoms with Crippen LogP contribution < -0.4 is 16.0 Å². The number of anilines is 2. The van der Waals surface area contributed by atoms with E-state index in [9.17, 15) is 4.79 Å². The Bertz CT molecular complexity index is 539. The molecule has 0 saturated carbocycles. The first-order valence-corrected chi connectivity index (χ1v) is 8.29. The third-order valence-electron chi connectivity index (χ3n) is 4.90. The van der Waals surface area contributed by atoms with Gasteiger partial charge in [-0.1, -0.05) is 6.07 Å². The van der Waals surface area contributed by atoms with E-state index in [1.54, 1.807) is 0 Å². The van der Waals surface area contributed by atoms with Crippen LogP contribution in [0.1, 0.15) is 24.8 Å². The Morgan fingerprint density at radius 3 is 2.77 bits per heavy atom. The van der Waals surface area contributed by atoms with Crippen molar-refractivity contribution in [3.8, 4) is 0 Å². The minimum absolute atomic E-state index is 0.00220. The van der Waals surface area contributed by atoms with Gasteiger partial charge in [0.05, 0.1) is 0 Å². The second kappa shape index (κ2) is 6.57. The molecule has 1 atom stereocenters. The lowest BCUT2D eigenvalue weighted by Gasteiger charge is -2.23. The first kappa shape index (κ1) is 15.2. The van der Waals surface area contributed by atoms with Gasteiger partial charge in [0.1, 0.15) is 0 Å². The lowest BCUT2D eigenvalue weighted by molar-refractivity contribution is 0.221. The second-order valence-corrected chi connectivity index (χ2v) is 6.41. The summed E-state index contributed by atoms with van der Waals surface area (Å²) >= 11 is 0. The molecule has 0 unspecified atom stereocenters. The summed E-state index contributed by atoms with van der Waals surface area (Å²) in [5.41, 5.74) is 9.03. The van der Waals surface area contributed by atoms with Crippen LogP contribution in [0.15, 0.2) is 18.2 Å². The summed E-state index contributed by atoms with van der Waals surface area (Å²) in [5, 5.41) is 3.08. The van der Waals surface area contributed by atoms with Crippen LogP contribution in [0.25, 0.3) is 0 Å². The monoisotopic (exact) mass is 302 g/mol. The maximum absolute atomic E-state index is 12.4. The van der Waals surface area contributed by atoms with Crippen LogP contribution in [0.5, 0.6) is 0 Å². The largest absolute Gasteiger partial charge is 0.371 e. The molecule has 2 saturated heterocycles. The fourth-order valence-corrected chi connectivity index (χ4v) is 3.46. The highest BCUT2D eigenvalue weighted by Crippen LogP contribution is 2.29. The van der Waals surface area contributed by atoms with Crippen molar-refractivity contribution in [1.82, 2.24) is 4.90 Å². The summed E-state index contributed by atoms with van der Waals surface area (Å²) in [4.78, 5) is 16.7. The highest BCUT2D eigenvalue weighted by molar-refractivity contribution is 5.91. The van der Waals surface area contributed by atoms with Gasteiger partial charge in [-0.3, -0.25) is 0 Å². The van der Waals surface area contributed by atoms with E-state index in [1.807, 2.05) is 17.0 Å². The molecule has 1 aromatic carbocycles. The van der Waals surface area contributed by atoms with Crippen molar-refractivity contribution in [2.75, 3.05) is 42.9 Å². The number of nitrogens with zero attached hydrogens (tertiary/aromatic N) is 2. The van der Waals surface area contributed by atoms with E-state index in [0.717, 1.165) is 43.9 Å². The van der Waals surface area contributed by atoms with Gasteiger partial charge in [0.2, 0.25) is 0 Å². The molecule has 2 heterocycles. The number of carbonyl (C=O) groups is 1. The Hall–Kier alpha value is -1.75. The van der Waals surface area contributed by atoms with Crippen molar-refractivity contribution in [1.29, 1.82) is 0 Å². The fraction of sp³-hybridized carbons (Fsp3) is 0.588. The number of nitrogens with one attached hydrogen (secondary N) is 1. The van der Waals surface area contributed by atoms with Crippen LogP contribution >= 0.6 is 0 Å². The van der Waals surface area contributed by atoms with Gasteiger partial charge < -0.3 is 20.9 Å². The van der Waals surface area contributed by atoms with Crippen molar-refractivity contribution in [2.45, 2.75) is 26.2 Å². The molecule has 120 valence electrons. The molecular weight excluding hydrogens is 276 g/mol. The number of benzene rings is 1. The number of amides is 2. The zero-order chi connectivity index (χ0) is 15.5. The number of carbonyl (C=O) groups excluding carboxylic acids is 1. The molecule has 2 aliphatic rings. The van der Waals surface area contributed by atoms with Gasteiger partial charge >= 0.3 is 6.03 Å². The van der Waals surface area contributed by atoms with Gasteiger partial charge in [0, 0.05) is 37.6 Å². The Labute approximate surface area is 132 Å². The van der Waals surface area contributed by atoms with E-state index in [-0.39, 0.29) is 6.03 Å². The van der Waals surface area contributed by atoms with Crippen molar-refractivity contribution in [3.63, 3.8) is 0 Å². The molecule has 0 spiro atoms. The molecule has 2 amide bonds. The standard InChI is InChI=1S/C17H26N4O/c1-13-15(5-4-6-16(13)20-8-2-3-9-20)19-17(22)21-10-7-14(11-18)12-21/h4-6,14H,2-3,7-12,18H2,1H3,(H,19,22)/t14-/m0/s1. The number of nitrogens with two attached hydrogens (primary N) is 1. The molecule has 0 bridgehead atoms. The van der Waals surface area contributed by atoms with Crippen LogP contribution in [0.2, 0.25) is 0 Å². The van der Waals surface area contributed by atoms with Crippen molar-refractivity contribution in [2.24, 2.45) is 11.7 Å². The summed E-state index contributed by atoms with van der Waals surface area (Å²) < 4.78 is 0. The normalized spacial score (nSPS) is 21.5. The van der Waals surface area contributed by atoms with Gasteiger partial charge in [-0.05, 0) is 56.3 Å². The molecule has 0 aromatic heterocycles. The average Bonchev–Trinajstić information content (AvgIpc) is 3.20. The number of likely N-dealkylation sites (tertiary alicyclic amines) is 1. The number of hydrogen-bond donors (Lipinski definition) is 2. The van der Waals surface area contributed by atoms with E-state index >= 15 is 0 Å². The van der Waals surface area contributed by atoms with Crippen LogP contribution in [-0.2, 0) is 0 Å². The first-order valence-electron chi connectivity index (χ1n) is 8.29. The van der Waals surface area contributed by atoms with Crippen LogP contribution in [0.4, 0.5) is 16.2 Å². The summed E-state index contributed by atoms with van der Waals surface area (Å²) in [6.07, 6.45) is 3.52. The quantitative estimate of drug-likeness (QED) is 0.901. The fourth-order valence-electron chi connectivity index (χ4n) is 3.46. The summed E-state index contributed by atoms with van der Waals surface area (Å²) in [7, 11) is 0. The Morgan fingerprint density at radius 1 is 1.32 bits per heavy atom. The third kappa shape index (κ3) is 3.04. The Morgan fingerprint density at radius 2 is 2.09 bits per heavy atom. The van der Waals surface area contributed by atoms with Crippen molar-refractivity contribution in [3.05, 3.63) is 23.8 Å². The van der Waals surface area contributed by atoms with Gasteiger partial charge in [0.25, 0.3) is 0 Å². The number of rotatable bonds is 3. The van der Waals surface area contributed by atoms with Gasteiger partial charge in [0.15, 0.2) is 0 Å². The van der Waals surface area contributed by atoms with Gasteiger partial charge in [-0.25, -0.2) is 4.79 Å². The SMILES string of the molecule is Cc1c(NC(=O)N2CC[C@@H](CN)C2)cccc1N1CCCC1. The van der Waals surface area contributed by atoms with E-state index in [4.69, 9.17) is 5.73 Å². The predicted molar refractivity (Wildman–Crippen MR) is 90.4 cm³/mol. The van der Waals surface area contributed by atoms with Crippen LogP contribution in [0, 0.1) is 12.8 Å². The van der Waals surface area contributed by atoms with E-state index in [0.29, 0.717) is 12.5 Å². The molecule has 2 aliphatic heterocycles. The molecule has 2 fully saturated rings. The van der Waals surface area contributed by atoms with Crippen LogP contribution in [-0.4, -0.2) is 43.7 Å². The lowest BCUT2D eigenvalue weighted by atomic mass is 10.1. The van der Waals surface area contributed by atoms with E-state index in [1.165, 1.54) is 18.5 Å². The second-order valence-electron chi connectivity index (χ2n) is 6.41. The molecule has 3 N–H and O–H groups in total. The van der Waals surface area contributed by atoms with Gasteiger partial charge in [-0.15, -0.1) is 0 Å². The topological polar surface area (TPSA) is 61.6 Å². The smallest absolute Gasteiger partial charge is 0.321 e. The molecule has 5 heteroatoms. The first-order chi connectivity index (χ1) is 10.7. The predicted octanol–water partition coefficient (Wildman–Crippen LogP) is 2.41. The molecular formula is C17H26N4O. The maximum atomic E-state index is 12.4. The zero-order valence-electron chi connectivity index (χ0n) is 13.3. The summed E-state index contributed by atoms with van der Waals surface area (Å²) in [6, 6.07) is 6.17. The number of urea groups is 1. The summed E-state index contributed by atoms with van der Waals surface area (Å²) in [6.45, 7) is 6.56. The Kier molecular flexibility index (Phi) is 4.52. The van der Waals surface area contributed by atoms with Crippen molar-refractivity contribution < 1.29 is 4.79 Å². The van der Waals surface area contributed by atoms with E-state index < -0.39 is 0 Å². The molecule has 0 radical (unpaired) electrons. The highest BCUT2D eigenvalue weighted by atomic mass is 16.2.